The number of hydrogen-bond acceptors (Lipinski definition) is 4. The van der Waals surface area contributed by atoms with Crippen LogP contribution in [0.5, 0.6) is 0 Å². The van der Waals surface area contributed by atoms with Crippen molar-refractivity contribution in [1.82, 2.24) is 5.32 Å². The van der Waals surface area contributed by atoms with Crippen LogP contribution in [0.1, 0.15) is 6.92 Å². The molecular formula is C6H16N2O2S2. The van der Waals surface area contributed by atoms with Gasteiger partial charge in [-0.25, -0.2) is 13.6 Å². The molecular weight excluding hydrogens is 196 g/mol. The Morgan fingerprint density at radius 2 is 2.17 bits per heavy atom. The van der Waals surface area contributed by atoms with Gasteiger partial charge < -0.3 is 5.32 Å². The van der Waals surface area contributed by atoms with Crippen LogP contribution in [0.3, 0.4) is 0 Å². The predicted molar refractivity (Wildman–Crippen MR) is 53.8 cm³/mol. The summed E-state index contributed by atoms with van der Waals surface area (Å²) >= 11 is 1.72. The second-order valence-corrected chi connectivity index (χ2v) is 5.32. The van der Waals surface area contributed by atoms with Gasteiger partial charge in [0, 0.05) is 18.3 Å². The number of thioether (sulfide) groups is 1. The zero-order valence-corrected chi connectivity index (χ0v) is 9.04. The molecule has 0 aliphatic carbocycles. The Morgan fingerprint density at radius 3 is 2.58 bits per heavy atom. The van der Waals surface area contributed by atoms with Crippen LogP contribution in [0.25, 0.3) is 0 Å². The lowest BCUT2D eigenvalue weighted by Gasteiger charge is -2.10. The zero-order valence-electron chi connectivity index (χ0n) is 7.41. The van der Waals surface area contributed by atoms with E-state index >= 15 is 0 Å². The SMILES string of the molecule is CSCC(C)NCCS(N)(=O)=O. The van der Waals surface area contributed by atoms with E-state index in [-0.39, 0.29) is 5.75 Å². The van der Waals surface area contributed by atoms with Gasteiger partial charge in [0.05, 0.1) is 5.75 Å². The quantitative estimate of drug-likeness (QED) is 0.629. The fourth-order valence-corrected chi connectivity index (χ4v) is 1.78. The van der Waals surface area contributed by atoms with E-state index in [1.165, 1.54) is 0 Å². The third-order valence-corrected chi connectivity index (χ3v) is 2.90. The molecule has 1 atom stereocenters. The van der Waals surface area contributed by atoms with Crippen molar-refractivity contribution < 1.29 is 8.42 Å². The van der Waals surface area contributed by atoms with Crippen LogP contribution in [0.4, 0.5) is 0 Å². The Balaban J connectivity index is 3.44. The predicted octanol–water partition coefficient (Wildman–Crippen LogP) is -0.384. The van der Waals surface area contributed by atoms with Crippen LogP contribution < -0.4 is 10.5 Å². The number of rotatable bonds is 6. The van der Waals surface area contributed by atoms with Crippen molar-refractivity contribution in [3.8, 4) is 0 Å². The smallest absolute Gasteiger partial charge is 0.210 e. The summed E-state index contributed by atoms with van der Waals surface area (Å²) in [5, 5.41) is 7.88. The lowest BCUT2D eigenvalue weighted by atomic mass is 10.4. The summed E-state index contributed by atoms with van der Waals surface area (Å²) in [5.41, 5.74) is 0. The lowest BCUT2D eigenvalue weighted by molar-refractivity contribution is 0.581. The molecule has 0 fully saturated rings. The number of hydrogen-bond donors (Lipinski definition) is 2. The van der Waals surface area contributed by atoms with Gasteiger partial charge in [0.25, 0.3) is 0 Å². The summed E-state index contributed by atoms with van der Waals surface area (Å²) in [5.74, 6) is 0.982. The van der Waals surface area contributed by atoms with Crippen LogP contribution >= 0.6 is 11.8 Å². The van der Waals surface area contributed by atoms with E-state index in [1.54, 1.807) is 11.8 Å². The maximum Gasteiger partial charge on any atom is 0.210 e. The Labute approximate surface area is 78.3 Å². The zero-order chi connectivity index (χ0) is 9.61. The van der Waals surface area contributed by atoms with Gasteiger partial charge in [0.2, 0.25) is 10.0 Å². The molecule has 12 heavy (non-hydrogen) atoms. The first-order chi connectivity index (χ1) is 5.45. The molecule has 0 heterocycles. The topological polar surface area (TPSA) is 72.2 Å². The summed E-state index contributed by atoms with van der Waals surface area (Å²) in [6, 6.07) is 0.335. The summed E-state index contributed by atoms with van der Waals surface area (Å²) in [4.78, 5) is 0. The van der Waals surface area contributed by atoms with Crippen LogP contribution in [0.2, 0.25) is 0 Å². The molecule has 0 amide bonds. The summed E-state index contributed by atoms with van der Waals surface area (Å²) in [6.45, 7) is 2.44. The molecule has 0 spiro atoms. The molecule has 6 heteroatoms. The maximum atomic E-state index is 10.5. The number of nitrogens with two attached hydrogens (primary N) is 1. The van der Waals surface area contributed by atoms with Crippen molar-refractivity contribution in [1.29, 1.82) is 0 Å². The lowest BCUT2D eigenvalue weighted by Crippen LogP contribution is -2.34. The van der Waals surface area contributed by atoms with Gasteiger partial charge in [-0.1, -0.05) is 0 Å². The van der Waals surface area contributed by atoms with Gasteiger partial charge >= 0.3 is 0 Å². The first kappa shape index (κ1) is 12.2. The Kier molecular flexibility index (Phi) is 5.90. The van der Waals surface area contributed by atoms with Crippen molar-refractivity contribution >= 4 is 21.8 Å². The molecule has 0 aliphatic heterocycles. The minimum atomic E-state index is -3.30. The molecule has 0 aromatic rings. The number of nitrogens with one attached hydrogen (secondary N) is 1. The molecule has 0 rings (SSSR count). The van der Waals surface area contributed by atoms with Crippen molar-refractivity contribution in [3.63, 3.8) is 0 Å². The first-order valence-electron chi connectivity index (χ1n) is 3.68. The fourth-order valence-electron chi connectivity index (χ4n) is 0.757. The van der Waals surface area contributed by atoms with Gasteiger partial charge in [-0.3, -0.25) is 0 Å². The normalized spacial score (nSPS) is 14.6. The third-order valence-electron chi connectivity index (χ3n) is 1.30. The number of primary sulfonamides is 1. The van der Waals surface area contributed by atoms with Crippen molar-refractivity contribution in [2.24, 2.45) is 5.14 Å². The van der Waals surface area contributed by atoms with Crippen LogP contribution in [0, 0.1) is 0 Å². The van der Waals surface area contributed by atoms with E-state index in [0.29, 0.717) is 12.6 Å². The van der Waals surface area contributed by atoms with Gasteiger partial charge in [0.15, 0.2) is 0 Å². The molecule has 0 saturated heterocycles. The highest BCUT2D eigenvalue weighted by Crippen LogP contribution is 1.95. The van der Waals surface area contributed by atoms with E-state index in [0.717, 1.165) is 5.75 Å². The van der Waals surface area contributed by atoms with Crippen molar-refractivity contribution in [3.05, 3.63) is 0 Å². The Bertz CT molecular complexity index is 204. The van der Waals surface area contributed by atoms with E-state index < -0.39 is 10.0 Å². The highest BCUT2D eigenvalue weighted by molar-refractivity contribution is 7.98. The average Bonchev–Trinajstić information content (AvgIpc) is 1.84. The Morgan fingerprint density at radius 1 is 1.58 bits per heavy atom. The molecule has 4 nitrogen and oxygen atoms in total. The second-order valence-electron chi connectivity index (χ2n) is 2.68. The molecule has 0 bridgehead atoms. The van der Waals surface area contributed by atoms with E-state index in [9.17, 15) is 8.42 Å². The Hall–Kier alpha value is 0.220. The standard InChI is InChI=1S/C6H16N2O2S2/c1-6(5-11-2)8-3-4-12(7,9)10/h6,8H,3-5H2,1-2H3,(H2,7,9,10). The molecule has 1 unspecified atom stereocenters. The largest absolute Gasteiger partial charge is 0.312 e. The molecule has 0 saturated carbocycles. The van der Waals surface area contributed by atoms with Crippen molar-refractivity contribution in [2.45, 2.75) is 13.0 Å². The molecule has 0 aromatic heterocycles. The third kappa shape index (κ3) is 8.32. The van der Waals surface area contributed by atoms with E-state index in [1.807, 2.05) is 13.2 Å². The molecule has 3 N–H and O–H groups in total. The summed E-state index contributed by atoms with van der Waals surface area (Å²) in [7, 11) is -3.30. The van der Waals surface area contributed by atoms with Gasteiger partial charge in [-0.15, -0.1) is 0 Å². The highest BCUT2D eigenvalue weighted by Gasteiger charge is 2.03. The van der Waals surface area contributed by atoms with Crippen LogP contribution in [0.15, 0.2) is 0 Å². The minimum absolute atomic E-state index is 0.00568. The maximum absolute atomic E-state index is 10.5. The molecule has 74 valence electrons. The minimum Gasteiger partial charge on any atom is -0.312 e. The summed E-state index contributed by atoms with van der Waals surface area (Å²) in [6.07, 6.45) is 2.01. The molecule has 0 aromatic carbocycles. The van der Waals surface area contributed by atoms with Gasteiger partial charge in [-0.05, 0) is 13.2 Å². The monoisotopic (exact) mass is 212 g/mol. The first-order valence-corrected chi connectivity index (χ1v) is 6.79. The molecule has 0 aliphatic rings. The highest BCUT2D eigenvalue weighted by atomic mass is 32.2. The van der Waals surface area contributed by atoms with Crippen LogP contribution in [-0.4, -0.2) is 38.8 Å². The average molecular weight is 212 g/mol. The van der Waals surface area contributed by atoms with Crippen LogP contribution in [-0.2, 0) is 10.0 Å². The second kappa shape index (κ2) is 5.80. The van der Waals surface area contributed by atoms with Gasteiger partial charge in [0.1, 0.15) is 0 Å². The van der Waals surface area contributed by atoms with E-state index in [4.69, 9.17) is 5.14 Å². The van der Waals surface area contributed by atoms with Crippen molar-refractivity contribution in [2.75, 3.05) is 24.3 Å². The summed E-state index contributed by atoms with van der Waals surface area (Å²) < 4.78 is 21.0. The number of sulfonamides is 1. The van der Waals surface area contributed by atoms with E-state index in [2.05, 4.69) is 5.32 Å². The fraction of sp³-hybridized carbons (Fsp3) is 1.00. The van der Waals surface area contributed by atoms with Gasteiger partial charge in [-0.2, -0.15) is 11.8 Å². The molecule has 0 radical (unpaired) electrons.